The second kappa shape index (κ2) is 4.77. The Kier molecular flexibility index (Phi) is 3.80. The van der Waals surface area contributed by atoms with E-state index in [1.807, 2.05) is 0 Å². The van der Waals surface area contributed by atoms with Crippen LogP contribution < -0.4 is 4.90 Å². The number of alkyl halides is 3. The van der Waals surface area contributed by atoms with Crippen molar-refractivity contribution >= 4 is 11.5 Å². The molecule has 0 saturated carbocycles. The van der Waals surface area contributed by atoms with E-state index in [0.29, 0.717) is 5.69 Å². The zero-order chi connectivity index (χ0) is 13.2. The molecule has 0 aliphatic heterocycles. The molecule has 0 fully saturated rings. The van der Waals surface area contributed by atoms with Crippen LogP contribution in [-0.4, -0.2) is 18.6 Å². The van der Waals surface area contributed by atoms with Crippen LogP contribution >= 0.6 is 0 Å². The van der Waals surface area contributed by atoms with Gasteiger partial charge in [0.05, 0.1) is 0 Å². The van der Waals surface area contributed by atoms with Gasteiger partial charge in [0.2, 0.25) is 5.84 Å². The van der Waals surface area contributed by atoms with Gasteiger partial charge < -0.3 is 4.90 Å². The maximum Gasteiger partial charge on any atom is 0.449 e. The molecule has 0 aromatic heterocycles. The third-order valence-corrected chi connectivity index (χ3v) is 2.56. The number of halogens is 3. The SMILES string of the molecule is CCN(C(=N)C(F)(F)F)c1c(C)cccc1C. The van der Waals surface area contributed by atoms with Crippen LogP contribution in [0.5, 0.6) is 0 Å². The van der Waals surface area contributed by atoms with Gasteiger partial charge in [-0.1, -0.05) is 18.2 Å². The van der Waals surface area contributed by atoms with Crippen molar-refractivity contribution in [2.24, 2.45) is 0 Å². The first-order valence-corrected chi connectivity index (χ1v) is 5.28. The van der Waals surface area contributed by atoms with Crippen LogP contribution in [0, 0.1) is 19.3 Å². The fourth-order valence-electron chi connectivity index (χ4n) is 1.81. The second-order valence-corrected chi connectivity index (χ2v) is 3.83. The molecule has 1 aromatic rings. The van der Waals surface area contributed by atoms with Crippen molar-refractivity contribution in [1.29, 1.82) is 5.41 Å². The molecular weight excluding hydrogens is 229 g/mol. The minimum absolute atomic E-state index is 0.115. The van der Waals surface area contributed by atoms with Crippen LogP contribution in [0.1, 0.15) is 18.1 Å². The molecular formula is C12H15F3N2. The smallest absolute Gasteiger partial charge is 0.323 e. The maximum atomic E-state index is 12.6. The first-order chi connectivity index (χ1) is 7.79. The Bertz CT molecular complexity index is 404. The summed E-state index contributed by atoms with van der Waals surface area (Å²) in [5, 5.41) is 7.23. The number of nitrogens with one attached hydrogen (secondary N) is 1. The molecule has 0 atom stereocenters. The van der Waals surface area contributed by atoms with Crippen LogP contribution in [0.15, 0.2) is 18.2 Å². The molecule has 0 radical (unpaired) electrons. The van der Waals surface area contributed by atoms with Gasteiger partial charge >= 0.3 is 6.18 Å². The third kappa shape index (κ3) is 2.78. The molecule has 0 heterocycles. The molecule has 0 bridgehead atoms. The Morgan fingerprint density at radius 2 is 1.71 bits per heavy atom. The first-order valence-electron chi connectivity index (χ1n) is 5.28. The number of benzene rings is 1. The van der Waals surface area contributed by atoms with E-state index in [9.17, 15) is 13.2 Å². The predicted octanol–water partition coefficient (Wildman–Crippen LogP) is 3.67. The van der Waals surface area contributed by atoms with E-state index >= 15 is 0 Å². The van der Waals surface area contributed by atoms with E-state index in [0.717, 1.165) is 16.0 Å². The zero-order valence-electron chi connectivity index (χ0n) is 10.0. The van der Waals surface area contributed by atoms with E-state index in [1.165, 1.54) is 0 Å². The van der Waals surface area contributed by atoms with E-state index in [4.69, 9.17) is 5.41 Å². The quantitative estimate of drug-likeness (QED) is 0.623. The lowest BCUT2D eigenvalue weighted by atomic mass is 10.1. The molecule has 0 unspecified atom stereocenters. The number of hydrogen-bond acceptors (Lipinski definition) is 1. The summed E-state index contributed by atoms with van der Waals surface area (Å²) in [6.07, 6.45) is -4.62. The molecule has 0 amide bonds. The van der Waals surface area contributed by atoms with Crippen molar-refractivity contribution < 1.29 is 13.2 Å². The van der Waals surface area contributed by atoms with Gasteiger partial charge in [-0.2, -0.15) is 13.2 Å². The van der Waals surface area contributed by atoms with E-state index in [2.05, 4.69) is 0 Å². The molecule has 2 nitrogen and oxygen atoms in total. The van der Waals surface area contributed by atoms with E-state index < -0.39 is 12.0 Å². The standard InChI is InChI=1S/C12H15F3N2/c1-4-17(11(16)12(13,14)15)10-8(2)6-5-7-9(10)3/h5-7,16H,4H2,1-3H3. The Hall–Kier alpha value is -1.52. The molecule has 17 heavy (non-hydrogen) atoms. The highest BCUT2D eigenvalue weighted by Gasteiger charge is 2.39. The number of anilines is 1. The van der Waals surface area contributed by atoms with Crippen LogP contribution in [0.25, 0.3) is 0 Å². The van der Waals surface area contributed by atoms with Crippen molar-refractivity contribution in [1.82, 2.24) is 0 Å². The molecule has 0 aliphatic carbocycles. The summed E-state index contributed by atoms with van der Waals surface area (Å²) in [7, 11) is 0. The largest absolute Gasteiger partial charge is 0.449 e. The maximum absolute atomic E-state index is 12.6. The van der Waals surface area contributed by atoms with E-state index in [1.54, 1.807) is 39.0 Å². The summed E-state index contributed by atoms with van der Waals surface area (Å²) in [6.45, 7) is 5.21. The zero-order valence-corrected chi connectivity index (χ0v) is 10.0. The number of nitrogens with zero attached hydrogens (tertiary/aromatic N) is 1. The summed E-state index contributed by atoms with van der Waals surface area (Å²) in [5.41, 5.74) is 1.94. The highest BCUT2D eigenvalue weighted by molar-refractivity contribution is 6.00. The topological polar surface area (TPSA) is 27.1 Å². The summed E-state index contributed by atoms with van der Waals surface area (Å²) in [6, 6.07) is 5.28. The van der Waals surface area contributed by atoms with Crippen LogP contribution in [0.4, 0.5) is 18.9 Å². The second-order valence-electron chi connectivity index (χ2n) is 3.83. The highest BCUT2D eigenvalue weighted by Crippen LogP contribution is 2.29. The van der Waals surface area contributed by atoms with Gasteiger partial charge in [0.1, 0.15) is 0 Å². The Labute approximate surface area is 98.6 Å². The van der Waals surface area contributed by atoms with Crippen molar-refractivity contribution in [3.05, 3.63) is 29.3 Å². The molecule has 1 rings (SSSR count). The predicted molar refractivity (Wildman–Crippen MR) is 62.7 cm³/mol. The van der Waals surface area contributed by atoms with Gasteiger partial charge in [0.15, 0.2) is 0 Å². The van der Waals surface area contributed by atoms with Crippen molar-refractivity contribution in [3.63, 3.8) is 0 Å². The lowest BCUT2D eigenvalue weighted by molar-refractivity contribution is -0.0609. The average Bonchev–Trinajstić information content (AvgIpc) is 2.21. The fourth-order valence-corrected chi connectivity index (χ4v) is 1.81. The fraction of sp³-hybridized carbons (Fsp3) is 0.417. The Balaban J connectivity index is 3.24. The third-order valence-electron chi connectivity index (χ3n) is 2.56. The normalized spacial score (nSPS) is 11.4. The van der Waals surface area contributed by atoms with Gasteiger partial charge in [-0.05, 0) is 31.9 Å². The van der Waals surface area contributed by atoms with Crippen LogP contribution in [-0.2, 0) is 0 Å². The van der Waals surface area contributed by atoms with Crippen LogP contribution in [0.3, 0.4) is 0 Å². The van der Waals surface area contributed by atoms with Crippen molar-refractivity contribution in [2.45, 2.75) is 26.9 Å². The lowest BCUT2D eigenvalue weighted by Gasteiger charge is -2.28. The molecule has 94 valence electrons. The highest BCUT2D eigenvalue weighted by atomic mass is 19.4. The number of aryl methyl sites for hydroxylation is 2. The van der Waals surface area contributed by atoms with E-state index in [-0.39, 0.29) is 6.54 Å². The number of amidine groups is 1. The number of para-hydroxylation sites is 1. The van der Waals surface area contributed by atoms with Gasteiger partial charge in [0.25, 0.3) is 0 Å². The summed E-state index contributed by atoms with van der Waals surface area (Å²) < 4.78 is 37.7. The minimum atomic E-state index is -4.62. The Morgan fingerprint density at radius 3 is 2.06 bits per heavy atom. The van der Waals surface area contributed by atoms with Gasteiger partial charge in [-0.3, -0.25) is 5.41 Å². The summed E-state index contributed by atoms with van der Waals surface area (Å²) >= 11 is 0. The molecule has 0 spiro atoms. The number of rotatable bonds is 2. The minimum Gasteiger partial charge on any atom is -0.323 e. The first kappa shape index (κ1) is 13.5. The van der Waals surface area contributed by atoms with Gasteiger partial charge in [-0.15, -0.1) is 0 Å². The van der Waals surface area contributed by atoms with Crippen LogP contribution in [0.2, 0.25) is 0 Å². The average molecular weight is 244 g/mol. The monoisotopic (exact) mass is 244 g/mol. The Morgan fingerprint density at radius 1 is 1.24 bits per heavy atom. The molecule has 0 aliphatic rings. The van der Waals surface area contributed by atoms with Crippen molar-refractivity contribution in [3.8, 4) is 0 Å². The van der Waals surface area contributed by atoms with Gasteiger partial charge in [0, 0.05) is 12.2 Å². The summed E-state index contributed by atoms with van der Waals surface area (Å²) in [4.78, 5) is 0.991. The molecule has 1 aromatic carbocycles. The molecule has 1 N–H and O–H groups in total. The lowest BCUT2D eigenvalue weighted by Crippen LogP contribution is -2.41. The van der Waals surface area contributed by atoms with Gasteiger partial charge in [-0.25, -0.2) is 0 Å². The summed E-state index contributed by atoms with van der Waals surface area (Å²) in [5.74, 6) is -1.32. The number of hydrogen-bond donors (Lipinski definition) is 1. The van der Waals surface area contributed by atoms with Crippen molar-refractivity contribution in [2.75, 3.05) is 11.4 Å². The molecule has 5 heteroatoms. The molecule has 0 saturated heterocycles.